The zero-order chi connectivity index (χ0) is 16.2. The van der Waals surface area contributed by atoms with Gasteiger partial charge in [-0.05, 0) is 56.7 Å². The van der Waals surface area contributed by atoms with Crippen molar-refractivity contribution >= 4 is 11.7 Å². The maximum Gasteiger partial charge on any atom is 0.319 e. The molecule has 1 aliphatic rings. The van der Waals surface area contributed by atoms with Gasteiger partial charge in [0.25, 0.3) is 0 Å². The average molecular weight is 310 g/mol. The highest BCUT2D eigenvalue weighted by Gasteiger charge is 2.15. The zero-order valence-electron chi connectivity index (χ0n) is 13.6. The SMILES string of the molecule is Cc1ccccc1NC(=O)NCc1nc(C)c2c(n1)CCCC2. The van der Waals surface area contributed by atoms with Gasteiger partial charge in [0, 0.05) is 17.1 Å². The number of hydrogen-bond acceptors (Lipinski definition) is 3. The molecule has 120 valence electrons. The molecule has 0 radical (unpaired) electrons. The van der Waals surface area contributed by atoms with Crippen LogP contribution in [-0.4, -0.2) is 16.0 Å². The zero-order valence-corrected chi connectivity index (χ0v) is 13.6. The topological polar surface area (TPSA) is 66.9 Å². The fraction of sp³-hybridized carbons (Fsp3) is 0.389. The molecule has 0 fully saturated rings. The number of aromatic nitrogens is 2. The minimum absolute atomic E-state index is 0.238. The van der Waals surface area contributed by atoms with Gasteiger partial charge < -0.3 is 10.6 Å². The summed E-state index contributed by atoms with van der Waals surface area (Å²) in [5.41, 5.74) is 5.34. The second-order valence-corrected chi connectivity index (χ2v) is 5.98. The first-order valence-corrected chi connectivity index (χ1v) is 8.09. The van der Waals surface area contributed by atoms with E-state index in [1.54, 1.807) is 0 Å². The lowest BCUT2D eigenvalue weighted by Crippen LogP contribution is -2.29. The van der Waals surface area contributed by atoms with Gasteiger partial charge in [-0.15, -0.1) is 0 Å². The van der Waals surface area contributed by atoms with Crippen molar-refractivity contribution in [2.24, 2.45) is 0 Å². The Bertz CT molecular complexity index is 727. The van der Waals surface area contributed by atoms with Crippen LogP contribution in [-0.2, 0) is 19.4 Å². The highest BCUT2D eigenvalue weighted by atomic mass is 16.2. The first-order valence-electron chi connectivity index (χ1n) is 8.09. The number of benzene rings is 1. The Labute approximate surface area is 136 Å². The van der Waals surface area contributed by atoms with E-state index in [0.29, 0.717) is 12.4 Å². The molecule has 0 saturated heterocycles. The Morgan fingerprint density at radius 1 is 1.13 bits per heavy atom. The fourth-order valence-electron chi connectivity index (χ4n) is 2.96. The Morgan fingerprint density at radius 3 is 2.74 bits per heavy atom. The van der Waals surface area contributed by atoms with Gasteiger partial charge in [0.05, 0.1) is 6.54 Å². The molecule has 2 aromatic rings. The van der Waals surface area contributed by atoms with Gasteiger partial charge in [-0.25, -0.2) is 14.8 Å². The first kappa shape index (κ1) is 15.5. The predicted molar refractivity (Wildman–Crippen MR) is 90.4 cm³/mol. The van der Waals surface area contributed by atoms with Crippen LogP contribution in [0.25, 0.3) is 0 Å². The Kier molecular flexibility index (Phi) is 4.55. The van der Waals surface area contributed by atoms with Crippen molar-refractivity contribution in [3.05, 3.63) is 52.6 Å². The Balaban J connectivity index is 1.63. The third-order valence-electron chi connectivity index (χ3n) is 4.24. The van der Waals surface area contributed by atoms with E-state index in [9.17, 15) is 4.79 Å². The number of amides is 2. The van der Waals surface area contributed by atoms with Crippen LogP contribution in [0, 0.1) is 13.8 Å². The largest absolute Gasteiger partial charge is 0.331 e. The average Bonchev–Trinajstić information content (AvgIpc) is 2.55. The number of aryl methyl sites for hydroxylation is 3. The number of fused-ring (bicyclic) bond motifs is 1. The van der Waals surface area contributed by atoms with Crippen LogP contribution in [0.3, 0.4) is 0 Å². The van der Waals surface area contributed by atoms with Crippen LogP contribution in [0.2, 0.25) is 0 Å². The molecule has 2 N–H and O–H groups in total. The molecule has 0 atom stereocenters. The van der Waals surface area contributed by atoms with Gasteiger partial charge in [-0.3, -0.25) is 0 Å². The number of anilines is 1. The van der Waals surface area contributed by atoms with E-state index in [-0.39, 0.29) is 6.03 Å². The molecule has 1 heterocycles. The van der Waals surface area contributed by atoms with E-state index < -0.39 is 0 Å². The number of nitrogens with zero attached hydrogens (tertiary/aromatic N) is 2. The van der Waals surface area contributed by atoms with E-state index in [1.165, 1.54) is 18.4 Å². The lowest BCUT2D eigenvalue weighted by molar-refractivity contribution is 0.251. The number of hydrogen-bond donors (Lipinski definition) is 2. The summed E-state index contributed by atoms with van der Waals surface area (Å²) in [4.78, 5) is 21.2. The lowest BCUT2D eigenvalue weighted by atomic mass is 9.95. The number of rotatable bonds is 3. The standard InChI is InChI=1S/C18H22N4O/c1-12-7-3-5-9-15(12)22-18(23)19-11-17-20-13(2)14-8-4-6-10-16(14)21-17/h3,5,7,9H,4,6,8,10-11H2,1-2H3,(H2,19,22,23). The van der Waals surface area contributed by atoms with Crippen LogP contribution in [0.4, 0.5) is 10.5 Å². The van der Waals surface area contributed by atoms with Crippen LogP contribution in [0.15, 0.2) is 24.3 Å². The summed E-state index contributed by atoms with van der Waals surface area (Å²) in [6, 6.07) is 7.46. The van der Waals surface area contributed by atoms with Crippen molar-refractivity contribution in [1.82, 2.24) is 15.3 Å². The maximum atomic E-state index is 12.0. The van der Waals surface area contributed by atoms with E-state index >= 15 is 0 Å². The van der Waals surface area contributed by atoms with E-state index in [4.69, 9.17) is 0 Å². The predicted octanol–water partition coefficient (Wildman–Crippen LogP) is 3.29. The highest BCUT2D eigenvalue weighted by Crippen LogP contribution is 2.21. The number of para-hydroxylation sites is 1. The second kappa shape index (κ2) is 6.77. The molecule has 0 unspecified atom stereocenters. The van der Waals surface area contributed by atoms with Crippen molar-refractivity contribution in [1.29, 1.82) is 0 Å². The summed E-state index contributed by atoms with van der Waals surface area (Å²) < 4.78 is 0. The van der Waals surface area contributed by atoms with E-state index in [1.807, 2.05) is 38.1 Å². The summed E-state index contributed by atoms with van der Waals surface area (Å²) in [7, 11) is 0. The second-order valence-electron chi connectivity index (χ2n) is 5.98. The quantitative estimate of drug-likeness (QED) is 0.914. The molecule has 3 rings (SSSR count). The number of urea groups is 1. The number of nitrogens with one attached hydrogen (secondary N) is 2. The summed E-state index contributed by atoms with van der Waals surface area (Å²) in [6.07, 6.45) is 4.49. The molecule has 23 heavy (non-hydrogen) atoms. The molecule has 5 nitrogen and oxygen atoms in total. The van der Waals surface area contributed by atoms with Gasteiger partial charge in [-0.2, -0.15) is 0 Å². The summed E-state index contributed by atoms with van der Waals surface area (Å²) >= 11 is 0. The van der Waals surface area contributed by atoms with Gasteiger partial charge in [0.2, 0.25) is 0 Å². The van der Waals surface area contributed by atoms with Crippen molar-refractivity contribution in [3.8, 4) is 0 Å². The lowest BCUT2D eigenvalue weighted by Gasteiger charge is -2.17. The molecule has 1 aromatic heterocycles. The molecule has 0 aliphatic heterocycles. The summed E-state index contributed by atoms with van der Waals surface area (Å²) in [5, 5.41) is 5.69. The van der Waals surface area contributed by atoms with Gasteiger partial charge >= 0.3 is 6.03 Å². The van der Waals surface area contributed by atoms with Crippen molar-refractivity contribution in [2.75, 3.05) is 5.32 Å². The molecule has 0 saturated carbocycles. The molecule has 1 aromatic carbocycles. The minimum Gasteiger partial charge on any atom is -0.331 e. The minimum atomic E-state index is -0.238. The number of carbonyl (C=O) groups is 1. The van der Waals surface area contributed by atoms with Crippen molar-refractivity contribution < 1.29 is 4.79 Å². The fourth-order valence-corrected chi connectivity index (χ4v) is 2.96. The molecule has 5 heteroatoms. The van der Waals surface area contributed by atoms with Crippen molar-refractivity contribution in [2.45, 2.75) is 46.1 Å². The Morgan fingerprint density at radius 2 is 1.91 bits per heavy atom. The van der Waals surface area contributed by atoms with Crippen molar-refractivity contribution in [3.63, 3.8) is 0 Å². The molecule has 0 bridgehead atoms. The smallest absolute Gasteiger partial charge is 0.319 e. The van der Waals surface area contributed by atoms with Gasteiger partial charge in [0.15, 0.2) is 0 Å². The van der Waals surface area contributed by atoms with Crippen LogP contribution >= 0.6 is 0 Å². The van der Waals surface area contributed by atoms with Crippen LogP contribution in [0.1, 0.15) is 41.2 Å². The van der Waals surface area contributed by atoms with E-state index in [0.717, 1.165) is 35.5 Å². The van der Waals surface area contributed by atoms with Crippen LogP contribution in [0.5, 0.6) is 0 Å². The van der Waals surface area contributed by atoms with E-state index in [2.05, 4.69) is 20.6 Å². The summed E-state index contributed by atoms with van der Waals surface area (Å²) in [6.45, 7) is 4.33. The third-order valence-corrected chi connectivity index (χ3v) is 4.24. The molecule has 2 amide bonds. The maximum absolute atomic E-state index is 12.0. The molecule has 1 aliphatic carbocycles. The molecular formula is C18H22N4O. The molecular weight excluding hydrogens is 288 g/mol. The number of carbonyl (C=O) groups excluding carboxylic acids is 1. The summed E-state index contributed by atoms with van der Waals surface area (Å²) in [5.74, 6) is 0.683. The Hall–Kier alpha value is -2.43. The van der Waals surface area contributed by atoms with Gasteiger partial charge in [-0.1, -0.05) is 18.2 Å². The monoisotopic (exact) mass is 310 g/mol. The molecule has 0 spiro atoms. The van der Waals surface area contributed by atoms with Gasteiger partial charge in [0.1, 0.15) is 5.82 Å². The van der Waals surface area contributed by atoms with Crippen LogP contribution < -0.4 is 10.6 Å². The highest BCUT2D eigenvalue weighted by molar-refractivity contribution is 5.89. The first-order chi connectivity index (χ1) is 11.1. The third kappa shape index (κ3) is 3.67. The normalized spacial score (nSPS) is 13.3.